The first-order valence-electron chi connectivity index (χ1n) is 10.6. The van der Waals surface area contributed by atoms with Gasteiger partial charge in [-0.3, -0.25) is 4.79 Å². The third-order valence-corrected chi connectivity index (χ3v) is 6.10. The Morgan fingerprint density at radius 1 is 1.10 bits per heavy atom. The number of morpholine rings is 1. The van der Waals surface area contributed by atoms with Crippen molar-refractivity contribution in [3.05, 3.63) is 45.0 Å². The number of ether oxygens (including phenoxy) is 1. The Kier molecular flexibility index (Phi) is 5.92. The molecule has 0 atom stereocenters. The first-order chi connectivity index (χ1) is 14.5. The maximum atomic E-state index is 12.6. The number of furan rings is 1. The van der Waals surface area contributed by atoms with E-state index in [0.717, 1.165) is 72.3 Å². The lowest BCUT2D eigenvalue weighted by molar-refractivity contribution is -0.908. The minimum Gasteiger partial charge on any atom is -0.464 e. The second-order valence-corrected chi connectivity index (χ2v) is 8.16. The van der Waals surface area contributed by atoms with Crippen molar-refractivity contribution in [2.24, 2.45) is 0 Å². The molecule has 0 aliphatic carbocycles. The van der Waals surface area contributed by atoms with Gasteiger partial charge >= 0.3 is 5.63 Å². The molecule has 1 saturated heterocycles. The number of carbonyl (C=O) groups excluding carboxylic acids is 1. The first kappa shape index (κ1) is 20.6. The molecule has 1 aliphatic rings. The molecule has 2 aromatic heterocycles. The van der Waals surface area contributed by atoms with Crippen LogP contribution >= 0.6 is 0 Å². The summed E-state index contributed by atoms with van der Waals surface area (Å²) < 4.78 is 16.6. The number of hydrogen-bond acceptors (Lipinski definition) is 5. The van der Waals surface area contributed by atoms with Crippen LogP contribution in [-0.4, -0.2) is 45.3 Å². The van der Waals surface area contributed by atoms with Gasteiger partial charge in [-0.2, -0.15) is 0 Å². The fraction of sp³-hybridized carbons (Fsp3) is 0.478. The molecular formula is C23H29N2O5+. The third kappa shape index (κ3) is 4.00. The Balaban J connectivity index is 1.48. The molecule has 0 saturated carbocycles. The van der Waals surface area contributed by atoms with Crippen LogP contribution in [0.3, 0.4) is 0 Å². The highest BCUT2D eigenvalue weighted by Gasteiger charge is 2.19. The number of rotatable bonds is 6. The van der Waals surface area contributed by atoms with Crippen LogP contribution in [0.25, 0.3) is 21.9 Å². The maximum absolute atomic E-state index is 12.6. The summed E-state index contributed by atoms with van der Waals surface area (Å²) >= 11 is 0. The van der Waals surface area contributed by atoms with Gasteiger partial charge in [0.05, 0.1) is 38.0 Å². The third-order valence-electron chi connectivity index (χ3n) is 6.10. The lowest BCUT2D eigenvalue weighted by Crippen LogP contribution is -3.14. The number of quaternary nitrogens is 1. The zero-order chi connectivity index (χ0) is 21.3. The quantitative estimate of drug-likeness (QED) is 0.472. The van der Waals surface area contributed by atoms with Crippen LogP contribution in [0, 0.1) is 20.8 Å². The van der Waals surface area contributed by atoms with E-state index in [2.05, 4.69) is 5.32 Å². The van der Waals surface area contributed by atoms with Gasteiger partial charge in [-0.1, -0.05) is 0 Å². The summed E-state index contributed by atoms with van der Waals surface area (Å²) in [4.78, 5) is 26.6. The molecule has 160 valence electrons. The van der Waals surface area contributed by atoms with E-state index >= 15 is 0 Å². The molecule has 2 N–H and O–H groups in total. The van der Waals surface area contributed by atoms with Crippen LogP contribution in [0.15, 0.2) is 26.0 Å². The van der Waals surface area contributed by atoms with Gasteiger partial charge in [0.1, 0.15) is 24.3 Å². The molecule has 1 fully saturated rings. The van der Waals surface area contributed by atoms with E-state index in [1.165, 1.54) is 4.90 Å². The molecule has 0 radical (unpaired) electrons. The molecule has 1 amide bonds. The van der Waals surface area contributed by atoms with Gasteiger partial charge < -0.3 is 23.8 Å². The van der Waals surface area contributed by atoms with E-state index in [1.54, 1.807) is 6.26 Å². The van der Waals surface area contributed by atoms with Crippen LogP contribution < -0.4 is 15.8 Å². The minimum atomic E-state index is -0.460. The van der Waals surface area contributed by atoms with Crippen molar-refractivity contribution >= 4 is 27.8 Å². The predicted octanol–water partition coefficient (Wildman–Crippen LogP) is 1.43. The maximum Gasteiger partial charge on any atom is 0.340 e. The second kappa shape index (κ2) is 8.62. The van der Waals surface area contributed by atoms with Crippen molar-refractivity contribution < 1.29 is 23.3 Å². The van der Waals surface area contributed by atoms with Gasteiger partial charge in [0, 0.05) is 29.3 Å². The Morgan fingerprint density at radius 2 is 1.87 bits per heavy atom. The molecule has 0 spiro atoms. The van der Waals surface area contributed by atoms with Crippen molar-refractivity contribution in [1.29, 1.82) is 0 Å². The van der Waals surface area contributed by atoms with E-state index in [4.69, 9.17) is 13.6 Å². The van der Waals surface area contributed by atoms with E-state index in [-0.39, 0.29) is 12.3 Å². The normalized spacial score (nSPS) is 15.2. The van der Waals surface area contributed by atoms with Gasteiger partial charge in [-0.15, -0.1) is 0 Å². The summed E-state index contributed by atoms with van der Waals surface area (Å²) in [6.07, 6.45) is 2.64. The van der Waals surface area contributed by atoms with E-state index in [9.17, 15) is 9.59 Å². The predicted molar refractivity (Wildman–Crippen MR) is 114 cm³/mol. The summed E-state index contributed by atoms with van der Waals surface area (Å²) in [7, 11) is 0. The van der Waals surface area contributed by atoms with Gasteiger partial charge in [0.2, 0.25) is 5.91 Å². The summed E-state index contributed by atoms with van der Waals surface area (Å²) in [5.74, 6) is -0.154. The SMILES string of the molecule is Cc1coc2c(C)c3oc(=O)c(CC(=O)NCCC[NH+]4CCOCC4)c(C)c3cc12. The number of aryl methyl sites for hydroxylation is 3. The number of benzene rings is 1. The average Bonchev–Trinajstić information content (AvgIpc) is 3.11. The molecule has 1 aliphatic heterocycles. The number of amides is 1. The average molecular weight is 413 g/mol. The standard InChI is InChI=1S/C23H28N2O5/c1-14-13-29-21-16(3)22-18(11-17(14)21)15(2)19(23(27)30-22)12-20(26)24-5-4-6-25-7-9-28-10-8-25/h11,13H,4-10,12H2,1-3H3,(H,24,26)/p+1. The van der Waals surface area contributed by atoms with Gasteiger partial charge in [-0.25, -0.2) is 4.79 Å². The number of carbonyl (C=O) groups is 1. The molecule has 7 heteroatoms. The summed E-state index contributed by atoms with van der Waals surface area (Å²) in [5, 5.41) is 4.79. The second-order valence-electron chi connectivity index (χ2n) is 8.16. The van der Waals surface area contributed by atoms with E-state index < -0.39 is 5.63 Å². The zero-order valence-corrected chi connectivity index (χ0v) is 17.9. The van der Waals surface area contributed by atoms with Crippen molar-refractivity contribution in [2.45, 2.75) is 33.6 Å². The lowest BCUT2D eigenvalue weighted by atomic mass is 9.99. The van der Waals surface area contributed by atoms with Crippen LogP contribution in [0.4, 0.5) is 0 Å². The van der Waals surface area contributed by atoms with E-state index in [1.807, 2.05) is 26.8 Å². The topological polar surface area (TPSA) is 86.1 Å². The Labute approximate surface area is 175 Å². The van der Waals surface area contributed by atoms with Crippen molar-refractivity contribution in [3.63, 3.8) is 0 Å². The lowest BCUT2D eigenvalue weighted by Gasteiger charge is -2.23. The zero-order valence-electron chi connectivity index (χ0n) is 17.9. The molecule has 0 bridgehead atoms. The summed E-state index contributed by atoms with van der Waals surface area (Å²) in [6.45, 7) is 11.0. The van der Waals surface area contributed by atoms with Gasteiger partial charge in [-0.05, 0) is 38.0 Å². The van der Waals surface area contributed by atoms with Gasteiger partial charge in [0.25, 0.3) is 0 Å². The summed E-state index contributed by atoms with van der Waals surface area (Å²) in [6, 6.07) is 1.99. The van der Waals surface area contributed by atoms with Crippen LogP contribution in [0.2, 0.25) is 0 Å². The Morgan fingerprint density at radius 3 is 2.63 bits per heavy atom. The highest BCUT2D eigenvalue weighted by molar-refractivity contribution is 6.00. The van der Waals surface area contributed by atoms with Crippen LogP contribution in [0.1, 0.15) is 28.7 Å². The fourth-order valence-corrected chi connectivity index (χ4v) is 4.22. The molecule has 1 aromatic carbocycles. The molecule has 3 heterocycles. The number of nitrogens with one attached hydrogen (secondary N) is 2. The Bertz CT molecular complexity index is 1140. The number of fused-ring (bicyclic) bond motifs is 2. The molecule has 3 aromatic rings. The monoisotopic (exact) mass is 413 g/mol. The van der Waals surface area contributed by atoms with Crippen molar-refractivity contribution in [3.8, 4) is 0 Å². The van der Waals surface area contributed by atoms with E-state index in [0.29, 0.717) is 17.7 Å². The highest BCUT2D eigenvalue weighted by Crippen LogP contribution is 2.32. The molecule has 4 rings (SSSR count). The van der Waals surface area contributed by atoms with Crippen LogP contribution in [0.5, 0.6) is 0 Å². The van der Waals surface area contributed by atoms with Crippen molar-refractivity contribution in [2.75, 3.05) is 39.4 Å². The summed E-state index contributed by atoms with van der Waals surface area (Å²) in [5.41, 5.74) is 3.84. The molecule has 0 unspecified atom stereocenters. The van der Waals surface area contributed by atoms with Crippen molar-refractivity contribution in [1.82, 2.24) is 5.32 Å². The van der Waals surface area contributed by atoms with Crippen LogP contribution in [-0.2, 0) is 16.0 Å². The largest absolute Gasteiger partial charge is 0.464 e. The first-order valence-corrected chi connectivity index (χ1v) is 10.6. The number of hydrogen-bond donors (Lipinski definition) is 2. The minimum absolute atomic E-state index is 0.0238. The Hall–Kier alpha value is -2.64. The van der Waals surface area contributed by atoms with Gasteiger partial charge in [0.15, 0.2) is 0 Å². The highest BCUT2D eigenvalue weighted by atomic mass is 16.5. The molecule has 7 nitrogen and oxygen atoms in total. The smallest absolute Gasteiger partial charge is 0.340 e. The molecule has 30 heavy (non-hydrogen) atoms. The fourth-order valence-electron chi connectivity index (χ4n) is 4.22. The molecular weight excluding hydrogens is 384 g/mol.